The summed E-state index contributed by atoms with van der Waals surface area (Å²) >= 11 is 0. The number of carbonyl (C=O) groups is 1. The van der Waals surface area contributed by atoms with Gasteiger partial charge in [0, 0.05) is 5.92 Å². The van der Waals surface area contributed by atoms with Crippen molar-refractivity contribution in [1.29, 1.82) is 0 Å². The first-order chi connectivity index (χ1) is 6.99. The molecule has 1 aromatic carbocycles. The lowest BCUT2D eigenvalue weighted by atomic mass is 9.96. The Balaban J connectivity index is 3.16. The van der Waals surface area contributed by atoms with Crippen LogP contribution in [0.3, 0.4) is 0 Å². The Morgan fingerprint density at radius 1 is 1.33 bits per heavy atom. The van der Waals surface area contributed by atoms with Crippen molar-refractivity contribution >= 4 is 5.78 Å². The number of rotatable bonds is 3. The normalized spacial score (nSPS) is 12.6. The molecule has 1 atom stereocenters. The van der Waals surface area contributed by atoms with Gasteiger partial charge in [0.25, 0.3) is 0 Å². The smallest absolute Gasteiger partial charge is 0.169 e. The first-order valence-electron chi connectivity index (χ1n) is 4.97. The molecule has 3 heteroatoms. The highest BCUT2D eigenvalue weighted by molar-refractivity contribution is 5.97. The van der Waals surface area contributed by atoms with E-state index in [1.165, 1.54) is 19.1 Å². The van der Waals surface area contributed by atoms with E-state index >= 15 is 0 Å². The van der Waals surface area contributed by atoms with Gasteiger partial charge in [-0.05, 0) is 25.0 Å². The zero-order chi connectivity index (χ0) is 11.6. The Kier molecular flexibility index (Phi) is 3.56. The molecule has 0 aliphatic heterocycles. The van der Waals surface area contributed by atoms with Gasteiger partial charge in [-0.2, -0.15) is 0 Å². The van der Waals surface area contributed by atoms with Gasteiger partial charge in [0.05, 0.1) is 5.56 Å². The molecule has 1 unspecified atom stereocenters. The molecule has 0 aliphatic rings. The summed E-state index contributed by atoms with van der Waals surface area (Å²) in [5.74, 6) is -2.57. The average Bonchev–Trinajstić information content (AvgIpc) is 2.24. The number of hydrogen-bond donors (Lipinski definition) is 0. The Hall–Kier alpha value is -1.25. The summed E-state index contributed by atoms with van der Waals surface area (Å²) in [6.45, 7) is 5.01. The molecule has 0 aliphatic carbocycles. The Morgan fingerprint density at radius 2 is 1.93 bits per heavy atom. The van der Waals surface area contributed by atoms with Gasteiger partial charge in [-0.3, -0.25) is 4.79 Å². The van der Waals surface area contributed by atoms with E-state index in [1.807, 2.05) is 6.92 Å². The van der Waals surface area contributed by atoms with Crippen molar-refractivity contribution in [2.75, 3.05) is 0 Å². The summed E-state index contributed by atoms with van der Waals surface area (Å²) in [6.07, 6.45) is 0.619. The van der Waals surface area contributed by atoms with Gasteiger partial charge in [0.15, 0.2) is 17.4 Å². The molecule has 1 nitrogen and oxygen atoms in total. The standard InChI is InChI=1S/C12H14F2O/c1-4-7(2)12(15)9-6-5-8(3)10(13)11(9)14/h5-7H,4H2,1-3H3. The van der Waals surface area contributed by atoms with Gasteiger partial charge in [-0.15, -0.1) is 0 Å². The third kappa shape index (κ3) is 2.22. The Morgan fingerprint density at radius 3 is 2.47 bits per heavy atom. The Labute approximate surface area is 88.1 Å². The van der Waals surface area contributed by atoms with Crippen molar-refractivity contribution in [3.63, 3.8) is 0 Å². The first kappa shape index (κ1) is 11.8. The number of benzene rings is 1. The van der Waals surface area contributed by atoms with Crippen molar-refractivity contribution in [3.05, 3.63) is 34.9 Å². The van der Waals surface area contributed by atoms with E-state index in [0.717, 1.165) is 0 Å². The molecule has 0 bridgehead atoms. The van der Waals surface area contributed by atoms with E-state index < -0.39 is 11.6 Å². The van der Waals surface area contributed by atoms with Gasteiger partial charge < -0.3 is 0 Å². The quantitative estimate of drug-likeness (QED) is 0.701. The predicted molar refractivity (Wildman–Crippen MR) is 54.9 cm³/mol. The van der Waals surface area contributed by atoms with E-state index in [0.29, 0.717) is 6.42 Å². The van der Waals surface area contributed by atoms with Crippen LogP contribution in [-0.2, 0) is 0 Å². The molecular weight excluding hydrogens is 198 g/mol. The molecule has 1 rings (SSSR count). The summed E-state index contributed by atoms with van der Waals surface area (Å²) in [7, 11) is 0. The lowest BCUT2D eigenvalue weighted by Gasteiger charge is -2.09. The van der Waals surface area contributed by atoms with Crippen molar-refractivity contribution in [3.8, 4) is 0 Å². The third-order valence-electron chi connectivity index (χ3n) is 2.60. The zero-order valence-corrected chi connectivity index (χ0v) is 9.10. The average molecular weight is 212 g/mol. The van der Waals surface area contributed by atoms with Crippen LogP contribution in [0.25, 0.3) is 0 Å². The fraction of sp³-hybridized carbons (Fsp3) is 0.417. The lowest BCUT2D eigenvalue weighted by Crippen LogP contribution is -2.13. The van der Waals surface area contributed by atoms with Gasteiger partial charge in [-0.25, -0.2) is 8.78 Å². The molecule has 0 saturated heterocycles. The second-order valence-corrected chi connectivity index (χ2v) is 3.73. The van der Waals surface area contributed by atoms with Gasteiger partial charge in [0.2, 0.25) is 0 Å². The molecule has 0 heterocycles. The van der Waals surface area contributed by atoms with E-state index in [-0.39, 0.29) is 22.8 Å². The van der Waals surface area contributed by atoms with Crippen molar-refractivity contribution in [2.45, 2.75) is 27.2 Å². The summed E-state index contributed by atoms with van der Waals surface area (Å²) in [6, 6.07) is 2.77. The van der Waals surface area contributed by atoms with Crippen molar-refractivity contribution in [1.82, 2.24) is 0 Å². The molecule has 0 radical (unpaired) electrons. The summed E-state index contributed by atoms with van der Waals surface area (Å²) in [5, 5.41) is 0. The molecule has 82 valence electrons. The van der Waals surface area contributed by atoms with Crippen LogP contribution in [0.5, 0.6) is 0 Å². The molecule has 0 saturated carbocycles. The van der Waals surface area contributed by atoms with Crippen LogP contribution in [0.4, 0.5) is 8.78 Å². The second-order valence-electron chi connectivity index (χ2n) is 3.73. The van der Waals surface area contributed by atoms with Crippen molar-refractivity contribution < 1.29 is 13.6 Å². The Bertz CT molecular complexity index is 385. The molecular formula is C12H14F2O. The van der Waals surface area contributed by atoms with Crippen LogP contribution in [-0.4, -0.2) is 5.78 Å². The van der Waals surface area contributed by atoms with E-state index in [1.54, 1.807) is 6.92 Å². The van der Waals surface area contributed by atoms with Gasteiger partial charge in [0.1, 0.15) is 0 Å². The highest BCUT2D eigenvalue weighted by atomic mass is 19.2. The second kappa shape index (κ2) is 4.51. The number of Topliss-reactive ketones (excluding diaryl/α,β-unsaturated/α-hetero) is 1. The molecule has 0 spiro atoms. The van der Waals surface area contributed by atoms with E-state index in [9.17, 15) is 13.6 Å². The minimum absolute atomic E-state index is 0.146. The van der Waals surface area contributed by atoms with Gasteiger partial charge in [-0.1, -0.05) is 19.9 Å². The zero-order valence-electron chi connectivity index (χ0n) is 9.10. The molecule has 0 N–H and O–H groups in total. The van der Waals surface area contributed by atoms with Gasteiger partial charge >= 0.3 is 0 Å². The van der Waals surface area contributed by atoms with E-state index in [2.05, 4.69) is 0 Å². The van der Waals surface area contributed by atoms with Crippen LogP contribution in [0.1, 0.15) is 36.2 Å². The van der Waals surface area contributed by atoms with Crippen LogP contribution in [0.2, 0.25) is 0 Å². The minimum atomic E-state index is -1.03. The highest BCUT2D eigenvalue weighted by Gasteiger charge is 2.20. The number of halogens is 2. The van der Waals surface area contributed by atoms with Crippen LogP contribution < -0.4 is 0 Å². The maximum Gasteiger partial charge on any atom is 0.169 e. The number of ketones is 1. The highest BCUT2D eigenvalue weighted by Crippen LogP contribution is 2.19. The first-order valence-corrected chi connectivity index (χ1v) is 4.97. The number of hydrogen-bond acceptors (Lipinski definition) is 1. The molecule has 0 fully saturated rings. The topological polar surface area (TPSA) is 17.1 Å². The van der Waals surface area contributed by atoms with E-state index in [4.69, 9.17) is 0 Å². The fourth-order valence-electron chi connectivity index (χ4n) is 1.29. The fourth-order valence-corrected chi connectivity index (χ4v) is 1.29. The monoisotopic (exact) mass is 212 g/mol. The minimum Gasteiger partial charge on any atom is -0.294 e. The van der Waals surface area contributed by atoms with Crippen molar-refractivity contribution in [2.24, 2.45) is 5.92 Å². The summed E-state index contributed by atoms with van der Waals surface area (Å²) < 4.78 is 26.6. The molecule has 15 heavy (non-hydrogen) atoms. The number of carbonyl (C=O) groups excluding carboxylic acids is 1. The predicted octanol–water partition coefficient (Wildman–Crippen LogP) is 3.50. The van der Waals surface area contributed by atoms with Crippen LogP contribution in [0, 0.1) is 24.5 Å². The summed E-state index contributed by atoms with van der Waals surface area (Å²) in [4.78, 5) is 11.7. The lowest BCUT2D eigenvalue weighted by molar-refractivity contribution is 0.0922. The maximum absolute atomic E-state index is 13.4. The maximum atomic E-state index is 13.4. The molecule has 1 aromatic rings. The van der Waals surface area contributed by atoms with Crippen LogP contribution in [0.15, 0.2) is 12.1 Å². The van der Waals surface area contributed by atoms with Crippen LogP contribution >= 0.6 is 0 Å². The number of aryl methyl sites for hydroxylation is 1. The largest absolute Gasteiger partial charge is 0.294 e. The summed E-state index contributed by atoms with van der Waals surface area (Å²) in [5.41, 5.74) is 0.0700. The SMILES string of the molecule is CCC(C)C(=O)c1ccc(C)c(F)c1F. The third-order valence-corrected chi connectivity index (χ3v) is 2.60. The molecule has 0 aromatic heterocycles. The molecule has 0 amide bonds.